The fraction of sp³-hybridized carbons (Fsp3) is 0.130. The topological polar surface area (TPSA) is 24.5 Å². The second-order valence-electron chi connectivity index (χ2n) is 6.89. The van der Waals surface area contributed by atoms with Gasteiger partial charge in [-0.25, -0.2) is 4.39 Å². The van der Waals surface area contributed by atoms with Gasteiger partial charge in [-0.3, -0.25) is 9.90 Å². The SMILES string of the molecule is Fc1cc(CON2C=CNCC2)c2c(ccc3c4ccccc4ccc32)c1Cl. The van der Waals surface area contributed by atoms with Gasteiger partial charge in [0.1, 0.15) is 12.4 Å². The van der Waals surface area contributed by atoms with E-state index in [0.717, 1.165) is 34.8 Å². The van der Waals surface area contributed by atoms with Crippen LogP contribution in [0.4, 0.5) is 4.39 Å². The number of benzene rings is 4. The molecule has 0 spiro atoms. The van der Waals surface area contributed by atoms with Crippen molar-refractivity contribution in [2.45, 2.75) is 6.61 Å². The molecule has 0 aromatic heterocycles. The zero-order valence-electron chi connectivity index (χ0n) is 15.1. The van der Waals surface area contributed by atoms with Crippen molar-refractivity contribution >= 4 is 43.9 Å². The van der Waals surface area contributed by atoms with Gasteiger partial charge in [-0.15, -0.1) is 0 Å². The number of nitrogens with zero attached hydrogens (tertiary/aromatic N) is 1. The molecule has 0 amide bonds. The molecule has 5 rings (SSSR count). The lowest BCUT2D eigenvalue weighted by molar-refractivity contribution is -0.133. The molecule has 0 saturated heterocycles. The van der Waals surface area contributed by atoms with Crippen LogP contribution in [0.5, 0.6) is 0 Å². The number of hydrogen-bond donors (Lipinski definition) is 1. The third-order valence-corrected chi connectivity index (χ3v) is 5.60. The zero-order chi connectivity index (χ0) is 19.1. The Labute approximate surface area is 166 Å². The van der Waals surface area contributed by atoms with E-state index >= 15 is 0 Å². The summed E-state index contributed by atoms with van der Waals surface area (Å²) >= 11 is 6.32. The van der Waals surface area contributed by atoms with Crippen LogP contribution < -0.4 is 5.32 Å². The van der Waals surface area contributed by atoms with E-state index in [-0.39, 0.29) is 11.6 Å². The van der Waals surface area contributed by atoms with Gasteiger partial charge in [0.05, 0.1) is 11.6 Å². The summed E-state index contributed by atoms with van der Waals surface area (Å²) in [6, 6.07) is 17.9. The predicted octanol–water partition coefficient (Wildman–Crippen LogP) is 5.75. The number of rotatable bonds is 3. The molecule has 0 saturated carbocycles. The third kappa shape index (κ3) is 2.86. The molecule has 4 aromatic rings. The summed E-state index contributed by atoms with van der Waals surface area (Å²) in [4.78, 5) is 5.91. The van der Waals surface area contributed by atoms with Gasteiger partial charge in [0, 0.05) is 24.3 Å². The molecule has 0 fully saturated rings. The van der Waals surface area contributed by atoms with Gasteiger partial charge >= 0.3 is 0 Å². The first-order valence-electron chi connectivity index (χ1n) is 9.23. The van der Waals surface area contributed by atoms with Crippen LogP contribution in [0.25, 0.3) is 32.3 Å². The number of nitrogens with one attached hydrogen (secondary N) is 1. The summed E-state index contributed by atoms with van der Waals surface area (Å²) in [5.74, 6) is -0.427. The molecule has 0 aliphatic carbocycles. The first kappa shape index (κ1) is 17.3. The average Bonchev–Trinajstić information content (AvgIpc) is 2.75. The second-order valence-corrected chi connectivity index (χ2v) is 7.26. The fourth-order valence-electron chi connectivity index (χ4n) is 3.88. The van der Waals surface area contributed by atoms with Gasteiger partial charge < -0.3 is 5.32 Å². The minimum atomic E-state index is -0.427. The molecule has 0 unspecified atom stereocenters. The first-order chi connectivity index (χ1) is 13.7. The van der Waals surface area contributed by atoms with Gasteiger partial charge in [-0.1, -0.05) is 60.1 Å². The highest BCUT2D eigenvalue weighted by Crippen LogP contribution is 2.37. The lowest BCUT2D eigenvalue weighted by Gasteiger charge is -2.23. The summed E-state index contributed by atoms with van der Waals surface area (Å²) in [5, 5.41) is 11.2. The highest BCUT2D eigenvalue weighted by Gasteiger charge is 2.16. The average molecular weight is 393 g/mol. The molecule has 28 heavy (non-hydrogen) atoms. The molecule has 4 aromatic carbocycles. The first-order valence-corrected chi connectivity index (χ1v) is 9.61. The van der Waals surface area contributed by atoms with Crippen molar-refractivity contribution in [3.05, 3.63) is 83.4 Å². The summed E-state index contributed by atoms with van der Waals surface area (Å²) in [6.45, 7) is 1.80. The van der Waals surface area contributed by atoms with Crippen LogP contribution in [-0.4, -0.2) is 18.2 Å². The van der Waals surface area contributed by atoms with Crippen molar-refractivity contribution < 1.29 is 9.23 Å². The Morgan fingerprint density at radius 2 is 1.82 bits per heavy atom. The van der Waals surface area contributed by atoms with Crippen LogP contribution in [0.15, 0.2) is 67.0 Å². The van der Waals surface area contributed by atoms with Crippen molar-refractivity contribution in [1.29, 1.82) is 0 Å². The molecule has 0 atom stereocenters. The molecule has 1 aliphatic heterocycles. The van der Waals surface area contributed by atoms with Gasteiger partial charge in [-0.05, 0) is 38.6 Å². The van der Waals surface area contributed by atoms with E-state index in [4.69, 9.17) is 16.4 Å². The maximum Gasteiger partial charge on any atom is 0.142 e. The van der Waals surface area contributed by atoms with E-state index in [9.17, 15) is 4.39 Å². The number of hydrogen-bond acceptors (Lipinski definition) is 3. The largest absolute Gasteiger partial charge is 0.388 e. The Kier molecular flexibility index (Phi) is 4.30. The molecular weight excluding hydrogens is 375 g/mol. The molecule has 1 N–H and O–H groups in total. The van der Waals surface area contributed by atoms with Crippen molar-refractivity contribution in [3.63, 3.8) is 0 Å². The maximum absolute atomic E-state index is 14.5. The van der Waals surface area contributed by atoms with E-state index < -0.39 is 5.82 Å². The summed E-state index contributed by atoms with van der Waals surface area (Å²) < 4.78 is 14.5. The van der Waals surface area contributed by atoms with Crippen molar-refractivity contribution in [1.82, 2.24) is 10.4 Å². The Balaban J connectivity index is 1.72. The highest BCUT2D eigenvalue weighted by atomic mass is 35.5. The molecule has 1 aliphatic rings. The lowest BCUT2D eigenvalue weighted by Crippen LogP contribution is -2.31. The van der Waals surface area contributed by atoms with E-state index in [1.54, 1.807) is 5.06 Å². The minimum Gasteiger partial charge on any atom is -0.388 e. The number of hydroxylamine groups is 2. The Bertz CT molecular complexity index is 1240. The van der Waals surface area contributed by atoms with E-state index in [1.165, 1.54) is 16.8 Å². The smallest absolute Gasteiger partial charge is 0.142 e. The lowest BCUT2D eigenvalue weighted by atomic mass is 9.94. The zero-order valence-corrected chi connectivity index (χ0v) is 15.8. The van der Waals surface area contributed by atoms with Crippen molar-refractivity contribution in [2.24, 2.45) is 0 Å². The molecule has 1 heterocycles. The minimum absolute atomic E-state index is 0.149. The number of halogens is 2. The second kappa shape index (κ2) is 6.97. The predicted molar refractivity (Wildman–Crippen MR) is 113 cm³/mol. The standard InChI is InChI=1S/C23H18ClFN2O/c24-23-20-8-7-18-17-4-2-1-3-15(17)5-6-19(18)22(20)16(13-21(23)25)14-28-27-11-9-26-10-12-27/h1-9,11,13,26H,10,12,14H2. The quantitative estimate of drug-likeness (QED) is 0.449. The molecule has 0 bridgehead atoms. The molecule has 140 valence electrons. The maximum atomic E-state index is 14.5. The van der Waals surface area contributed by atoms with Gasteiger partial charge in [0.15, 0.2) is 0 Å². The van der Waals surface area contributed by atoms with E-state index in [1.807, 2.05) is 36.7 Å². The van der Waals surface area contributed by atoms with E-state index in [0.29, 0.717) is 5.39 Å². The van der Waals surface area contributed by atoms with Gasteiger partial charge in [-0.2, -0.15) is 0 Å². The molecule has 0 radical (unpaired) electrons. The highest BCUT2D eigenvalue weighted by molar-refractivity contribution is 6.37. The van der Waals surface area contributed by atoms with Crippen LogP contribution in [0.1, 0.15) is 5.56 Å². The van der Waals surface area contributed by atoms with Crippen LogP contribution in [-0.2, 0) is 11.4 Å². The van der Waals surface area contributed by atoms with Crippen LogP contribution in [0.2, 0.25) is 5.02 Å². The summed E-state index contributed by atoms with van der Waals surface area (Å²) in [6.07, 6.45) is 3.68. The normalized spacial score (nSPS) is 14.1. The fourth-order valence-corrected chi connectivity index (χ4v) is 4.09. The summed E-state index contributed by atoms with van der Waals surface area (Å²) in [7, 11) is 0. The molecular formula is C23H18ClFN2O. The van der Waals surface area contributed by atoms with Gasteiger partial charge in [0.2, 0.25) is 0 Å². The monoisotopic (exact) mass is 392 g/mol. The Morgan fingerprint density at radius 1 is 1.00 bits per heavy atom. The Morgan fingerprint density at radius 3 is 2.68 bits per heavy atom. The van der Waals surface area contributed by atoms with Gasteiger partial charge in [0.25, 0.3) is 0 Å². The van der Waals surface area contributed by atoms with Crippen LogP contribution in [0.3, 0.4) is 0 Å². The van der Waals surface area contributed by atoms with E-state index in [2.05, 4.69) is 29.6 Å². The third-order valence-electron chi connectivity index (χ3n) is 5.22. The number of fused-ring (bicyclic) bond motifs is 5. The van der Waals surface area contributed by atoms with Crippen molar-refractivity contribution in [2.75, 3.05) is 13.1 Å². The van der Waals surface area contributed by atoms with Crippen LogP contribution >= 0.6 is 11.6 Å². The molecule has 5 heteroatoms. The molecule has 3 nitrogen and oxygen atoms in total. The summed E-state index contributed by atoms with van der Waals surface area (Å²) in [5.41, 5.74) is 0.782. The van der Waals surface area contributed by atoms with Crippen molar-refractivity contribution in [3.8, 4) is 0 Å². The van der Waals surface area contributed by atoms with Crippen LogP contribution in [0, 0.1) is 5.82 Å². The Hall–Kier alpha value is -2.82.